The van der Waals surface area contributed by atoms with Gasteiger partial charge in [-0.1, -0.05) is 23.7 Å². The third-order valence-corrected chi connectivity index (χ3v) is 2.08. The van der Waals surface area contributed by atoms with E-state index in [9.17, 15) is 4.39 Å². The summed E-state index contributed by atoms with van der Waals surface area (Å²) in [6, 6.07) is 4.34. The van der Waals surface area contributed by atoms with E-state index >= 15 is 0 Å². The molecule has 0 saturated carbocycles. The SMILES string of the molecule is C=CC[C@H](N)c1ccc(F)c(Cl)c1. The topological polar surface area (TPSA) is 26.0 Å². The Kier molecular flexibility index (Phi) is 3.46. The van der Waals surface area contributed by atoms with E-state index in [4.69, 9.17) is 17.3 Å². The number of hydrogen-bond donors (Lipinski definition) is 1. The van der Waals surface area contributed by atoms with Crippen LogP contribution in [0.4, 0.5) is 4.39 Å². The molecule has 0 aliphatic carbocycles. The normalized spacial score (nSPS) is 12.5. The predicted octanol–water partition coefficient (Wildman–Crippen LogP) is 3.06. The molecule has 0 radical (unpaired) electrons. The second-order valence-corrected chi connectivity index (χ2v) is 3.21. The van der Waals surface area contributed by atoms with Crippen LogP contribution >= 0.6 is 11.6 Å². The molecule has 0 spiro atoms. The zero-order chi connectivity index (χ0) is 9.84. The molecule has 1 nitrogen and oxygen atoms in total. The molecule has 1 aromatic rings. The van der Waals surface area contributed by atoms with Crippen molar-refractivity contribution in [3.8, 4) is 0 Å². The lowest BCUT2D eigenvalue weighted by Crippen LogP contribution is -2.08. The molecule has 0 fully saturated rings. The van der Waals surface area contributed by atoms with Gasteiger partial charge in [-0.05, 0) is 24.1 Å². The molecule has 0 aliphatic heterocycles. The van der Waals surface area contributed by atoms with E-state index in [1.807, 2.05) is 0 Å². The summed E-state index contributed by atoms with van der Waals surface area (Å²) in [7, 11) is 0. The first-order valence-electron chi connectivity index (χ1n) is 3.96. The molecule has 0 bridgehead atoms. The molecule has 0 amide bonds. The van der Waals surface area contributed by atoms with Crippen molar-refractivity contribution in [2.45, 2.75) is 12.5 Å². The molecule has 0 aliphatic rings. The van der Waals surface area contributed by atoms with Crippen molar-refractivity contribution >= 4 is 11.6 Å². The fourth-order valence-corrected chi connectivity index (χ4v) is 1.25. The smallest absolute Gasteiger partial charge is 0.141 e. The van der Waals surface area contributed by atoms with Crippen molar-refractivity contribution < 1.29 is 4.39 Å². The Labute approximate surface area is 82.0 Å². The van der Waals surface area contributed by atoms with E-state index in [1.54, 1.807) is 18.2 Å². The quantitative estimate of drug-likeness (QED) is 0.744. The van der Waals surface area contributed by atoms with Gasteiger partial charge in [0.1, 0.15) is 5.82 Å². The van der Waals surface area contributed by atoms with Gasteiger partial charge < -0.3 is 5.73 Å². The summed E-state index contributed by atoms with van der Waals surface area (Å²) < 4.78 is 12.8. The molecular weight excluding hydrogens is 189 g/mol. The van der Waals surface area contributed by atoms with Crippen LogP contribution in [-0.2, 0) is 0 Å². The minimum Gasteiger partial charge on any atom is -0.324 e. The Hall–Kier alpha value is -0.860. The fraction of sp³-hybridized carbons (Fsp3) is 0.200. The summed E-state index contributed by atoms with van der Waals surface area (Å²) >= 11 is 5.60. The highest BCUT2D eigenvalue weighted by Crippen LogP contribution is 2.21. The molecule has 0 aromatic heterocycles. The predicted molar refractivity (Wildman–Crippen MR) is 53.2 cm³/mol. The number of halogens is 2. The molecule has 70 valence electrons. The summed E-state index contributed by atoms with van der Waals surface area (Å²) in [5.74, 6) is -0.420. The summed E-state index contributed by atoms with van der Waals surface area (Å²) in [5, 5.41) is 0.108. The summed E-state index contributed by atoms with van der Waals surface area (Å²) in [6.45, 7) is 3.58. The van der Waals surface area contributed by atoms with Crippen LogP contribution in [0.25, 0.3) is 0 Å². The summed E-state index contributed by atoms with van der Waals surface area (Å²) in [4.78, 5) is 0. The second-order valence-electron chi connectivity index (χ2n) is 2.80. The molecule has 0 saturated heterocycles. The van der Waals surface area contributed by atoms with Crippen molar-refractivity contribution in [1.29, 1.82) is 0 Å². The van der Waals surface area contributed by atoms with E-state index in [0.29, 0.717) is 6.42 Å². The molecular formula is C10H11ClFN. The molecule has 13 heavy (non-hydrogen) atoms. The van der Waals surface area contributed by atoms with Gasteiger partial charge >= 0.3 is 0 Å². The van der Waals surface area contributed by atoms with Crippen LogP contribution in [0.2, 0.25) is 5.02 Å². The fourth-order valence-electron chi connectivity index (χ4n) is 1.06. The zero-order valence-corrected chi connectivity index (χ0v) is 7.89. The van der Waals surface area contributed by atoms with Crippen LogP contribution in [0.5, 0.6) is 0 Å². The molecule has 1 aromatic carbocycles. The average molecular weight is 200 g/mol. The maximum Gasteiger partial charge on any atom is 0.141 e. The van der Waals surface area contributed by atoms with Gasteiger partial charge in [0.25, 0.3) is 0 Å². The van der Waals surface area contributed by atoms with Crippen LogP contribution < -0.4 is 5.73 Å². The van der Waals surface area contributed by atoms with Crippen molar-refractivity contribution in [2.75, 3.05) is 0 Å². The van der Waals surface area contributed by atoms with Crippen LogP contribution in [0.3, 0.4) is 0 Å². The molecule has 0 unspecified atom stereocenters. The van der Waals surface area contributed by atoms with Crippen molar-refractivity contribution in [3.05, 3.63) is 47.3 Å². The number of benzene rings is 1. The Morgan fingerprint density at radius 1 is 1.62 bits per heavy atom. The van der Waals surface area contributed by atoms with Gasteiger partial charge in [-0.3, -0.25) is 0 Å². The van der Waals surface area contributed by atoms with Crippen molar-refractivity contribution in [3.63, 3.8) is 0 Å². The van der Waals surface area contributed by atoms with Crippen LogP contribution in [0.1, 0.15) is 18.0 Å². The Morgan fingerprint density at radius 2 is 2.31 bits per heavy atom. The van der Waals surface area contributed by atoms with E-state index in [1.165, 1.54) is 6.07 Å². The third-order valence-electron chi connectivity index (χ3n) is 1.79. The van der Waals surface area contributed by atoms with Crippen LogP contribution in [-0.4, -0.2) is 0 Å². The van der Waals surface area contributed by atoms with Crippen LogP contribution in [0.15, 0.2) is 30.9 Å². The van der Waals surface area contributed by atoms with Crippen LogP contribution in [0, 0.1) is 5.82 Å². The van der Waals surface area contributed by atoms with Crippen molar-refractivity contribution in [2.24, 2.45) is 5.73 Å². The highest BCUT2D eigenvalue weighted by molar-refractivity contribution is 6.30. The lowest BCUT2D eigenvalue weighted by Gasteiger charge is -2.09. The summed E-state index contributed by atoms with van der Waals surface area (Å²) in [6.07, 6.45) is 2.38. The van der Waals surface area contributed by atoms with Crippen molar-refractivity contribution in [1.82, 2.24) is 0 Å². The van der Waals surface area contributed by atoms with Gasteiger partial charge in [-0.25, -0.2) is 4.39 Å². The minimum absolute atomic E-state index is 0.108. The lowest BCUT2D eigenvalue weighted by molar-refractivity contribution is 0.625. The van der Waals surface area contributed by atoms with Gasteiger partial charge in [0.15, 0.2) is 0 Å². The molecule has 1 rings (SSSR count). The first kappa shape index (κ1) is 10.2. The van der Waals surface area contributed by atoms with E-state index in [0.717, 1.165) is 5.56 Å². The van der Waals surface area contributed by atoms with E-state index in [2.05, 4.69) is 6.58 Å². The zero-order valence-electron chi connectivity index (χ0n) is 7.13. The number of nitrogens with two attached hydrogens (primary N) is 1. The Bertz CT molecular complexity index is 312. The standard InChI is InChI=1S/C10H11ClFN/c1-2-3-10(13)7-4-5-9(12)8(11)6-7/h2,4-6,10H,1,3,13H2/t10-/m0/s1. The second kappa shape index (κ2) is 4.40. The Balaban J connectivity index is 2.89. The minimum atomic E-state index is -0.420. The van der Waals surface area contributed by atoms with E-state index < -0.39 is 5.82 Å². The monoisotopic (exact) mass is 199 g/mol. The molecule has 1 atom stereocenters. The van der Waals surface area contributed by atoms with Gasteiger partial charge in [0.2, 0.25) is 0 Å². The molecule has 0 heterocycles. The first-order chi connectivity index (χ1) is 6.15. The van der Waals surface area contributed by atoms with Gasteiger partial charge in [-0.2, -0.15) is 0 Å². The maximum atomic E-state index is 12.8. The average Bonchev–Trinajstić information content (AvgIpc) is 2.10. The third kappa shape index (κ3) is 2.54. The summed E-state index contributed by atoms with van der Waals surface area (Å²) in [5.41, 5.74) is 6.60. The van der Waals surface area contributed by atoms with Gasteiger partial charge in [0.05, 0.1) is 5.02 Å². The van der Waals surface area contributed by atoms with Gasteiger partial charge in [0, 0.05) is 6.04 Å². The highest BCUT2D eigenvalue weighted by atomic mass is 35.5. The first-order valence-corrected chi connectivity index (χ1v) is 4.34. The largest absolute Gasteiger partial charge is 0.324 e. The van der Waals surface area contributed by atoms with Gasteiger partial charge in [-0.15, -0.1) is 6.58 Å². The highest BCUT2D eigenvalue weighted by Gasteiger charge is 2.06. The maximum absolute atomic E-state index is 12.8. The molecule has 3 heteroatoms. The molecule has 2 N–H and O–H groups in total. The number of rotatable bonds is 3. The number of hydrogen-bond acceptors (Lipinski definition) is 1. The van der Waals surface area contributed by atoms with E-state index in [-0.39, 0.29) is 11.1 Å². The Morgan fingerprint density at radius 3 is 2.85 bits per heavy atom. The lowest BCUT2D eigenvalue weighted by atomic mass is 10.1.